The quantitative estimate of drug-likeness (QED) is 0.687. The van der Waals surface area contributed by atoms with Crippen LogP contribution in [0.4, 0.5) is 4.79 Å². The lowest BCUT2D eigenvalue weighted by molar-refractivity contribution is 0.0502. The normalized spacial score (nSPS) is 12.4. The van der Waals surface area contributed by atoms with E-state index in [-0.39, 0.29) is 6.04 Å². The number of carbonyl (C=O) groups excluding carboxylic acids is 1. The molecule has 1 amide bonds. The monoisotopic (exact) mass is 367 g/mol. The second-order valence-corrected chi connectivity index (χ2v) is 7.68. The van der Waals surface area contributed by atoms with E-state index in [0.29, 0.717) is 19.4 Å². The Hall–Kier alpha value is -2.58. The van der Waals surface area contributed by atoms with Gasteiger partial charge in [-0.3, -0.25) is 0 Å². The number of rotatable bonds is 8. The molecule has 0 heterocycles. The molecule has 0 bridgehead atoms. The molecule has 0 radical (unpaired) electrons. The maximum atomic E-state index is 12.0. The maximum absolute atomic E-state index is 12.0. The molecule has 5 nitrogen and oxygen atoms in total. The van der Waals surface area contributed by atoms with Crippen LogP contribution in [-0.4, -0.2) is 30.8 Å². The van der Waals surface area contributed by atoms with E-state index in [1.54, 1.807) is 0 Å². The van der Waals surface area contributed by atoms with Gasteiger partial charge >= 0.3 is 6.09 Å². The third-order valence-corrected chi connectivity index (χ3v) is 4.12. The topological polar surface area (TPSA) is 74.1 Å². The van der Waals surface area contributed by atoms with E-state index in [4.69, 9.17) is 10.00 Å². The van der Waals surface area contributed by atoms with Crippen LogP contribution in [0, 0.1) is 11.3 Å². The zero-order valence-corrected chi connectivity index (χ0v) is 16.4. The van der Waals surface area contributed by atoms with Crippen molar-refractivity contribution in [3.8, 4) is 6.07 Å². The molecule has 0 aliphatic rings. The van der Waals surface area contributed by atoms with Gasteiger partial charge in [0.05, 0.1) is 6.07 Å². The highest BCUT2D eigenvalue weighted by Gasteiger charge is 2.19. The molecule has 0 saturated heterocycles. The van der Waals surface area contributed by atoms with Crippen molar-refractivity contribution in [2.45, 2.75) is 51.7 Å². The largest absolute Gasteiger partial charge is 0.444 e. The molecule has 0 aromatic heterocycles. The summed E-state index contributed by atoms with van der Waals surface area (Å²) in [6.45, 7) is 6.90. The molecule has 1 atom stereocenters. The Morgan fingerprint density at radius 3 is 2.63 bits per heavy atom. The van der Waals surface area contributed by atoms with Gasteiger partial charge in [-0.1, -0.05) is 42.5 Å². The van der Waals surface area contributed by atoms with Crippen LogP contribution in [0.3, 0.4) is 0 Å². The molecule has 0 aliphatic heterocycles. The van der Waals surface area contributed by atoms with Crippen molar-refractivity contribution in [3.05, 3.63) is 48.0 Å². The molecule has 2 aromatic carbocycles. The average Bonchev–Trinajstić information content (AvgIpc) is 2.61. The Morgan fingerprint density at radius 2 is 1.93 bits per heavy atom. The number of carbonyl (C=O) groups is 1. The first-order chi connectivity index (χ1) is 12.9. The average molecular weight is 367 g/mol. The van der Waals surface area contributed by atoms with Crippen LogP contribution in [0.25, 0.3) is 10.8 Å². The van der Waals surface area contributed by atoms with E-state index >= 15 is 0 Å². The Balaban J connectivity index is 1.81. The molecule has 2 rings (SSSR count). The van der Waals surface area contributed by atoms with Crippen molar-refractivity contribution in [1.29, 1.82) is 5.26 Å². The van der Waals surface area contributed by atoms with Crippen LogP contribution in [0.15, 0.2) is 42.5 Å². The second-order valence-electron chi connectivity index (χ2n) is 7.68. The summed E-state index contributed by atoms with van der Waals surface area (Å²) in [5.74, 6) is 0. The first kappa shape index (κ1) is 20.7. The molecule has 0 aliphatic carbocycles. The molecule has 1 unspecified atom stereocenters. The minimum absolute atomic E-state index is 0.129. The van der Waals surface area contributed by atoms with E-state index in [1.165, 1.54) is 16.3 Å². The summed E-state index contributed by atoms with van der Waals surface area (Å²) in [5, 5.41) is 17.6. The van der Waals surface area contributed by atoms with E-state index in [0.717, 1.165) is 13.0 Å². The van der Waals surface area contributed by atoms with Gasteiger partial charge in [-0.15, -0.1) is 0 Å². The third-order valence-electron chi connectivity index (χ3n) is 4.12. The van der Waals surface area contributed by atoms with Crippen molar-refractivity contribution >= 4 is 16.9 Å². The number of alkyl carbamates (subject to hydrolysis) is 1. The number of benzene rings is 2. The maximum Gasteiger partial charge on any atom is 0.407 e. The van der Waals surface area contributed by atoms with Crippen LogP contribution in [0.5, 0.6) is 0 Å². The molecule has 0 saturated carbocycles. The van der Waals surface area contributed by atoms with Crippen LogP contribution >= 0.6 is 0 Å². The number of nitrogens with one attached hydrogen (secondary N) is 2. The van der Waals surface area contributed by atoms with Gasteiger partial charge in [-0.05, 0) is 56.5 Å². The molecular formula is C22H29N3O2. The van der Waals surface area contributed by atoms with Crippen molar-refractivity contribution in [2.75, 3.05) is 13.1 Å². The summed E-state index contributed by atoms with van der Waals surface area (Å²) in [6, 6.07) is 16.8. The molecule has 27 heavy (non-hydrogen) atoms. The number of nitriles is 1. The van der Waals surface area contributed by atoms with Crippen molar-refractivity contribution < 1.29 is 9.53 Å². The van der Waals surface area contributed by atoms with Crippen LogP contribution in [0.1, 0.15) is 39.2 Å². The highest BCUT2D eigenvalue weighted by atomic mass is 16.6. The van der Waals surface area contributed by atoms with E-state index < -0.39 is 11.7 Å². The van der Waals surface area contributed by atoms with Crippen molar-refractivity contribution in [1.82, 2.24) is 10.6 Å². The Kier molecular flexibility index (Phi) is 7.63. The highest BCUT2D eigenvalue weighted by molar-refractivity contribution is 5.82. The number of fused-ring (bicyclic) bond motifs is 1. The Bertz CT molecular complexity index is 790. The summed E-state index contributed by atoms with van der Waals surface area (Å²) < 4.78 is 5.30. The predicted octanol–water partition coefficient (Wildman–Crippen LogP) is 4.17. The van der Waals surface area contributed by atoms with Crippen LogP contribution in [0.2, 0.25) is 0 Å². The summed E-state index contributed by atoms with van der Waals surface area (Å²) in [5.41, 5.74) is 0.739. The molecule has 0 fully saturated rings. The molecule has 144 valence electrons. The summed E-state index contributed by atoms with van der Waals surface area (Å²) >= 11 is 0. The Labute approximate surface area is 161 Å². The molecule has 0 spiro atoms. The number of hydrogen-bond acceptors (Lipinski definition) is 4. The van der Waals surface area contributed by atoms with Gasteiger partial charge in [0.15, 0.2) is 0 Å². The van der Waals surface area contributed by atoms with Crippen LogP contribution < -0.4 is 10.6 Å². The van der Waals surface area contributed by atoms with Gasteiger partial charge in [0.2, 0.25) is 0 Å². The first-order valence-corrected chi connectivity index (χ1v) is 9.42. The molecule has 5 heteroatoms. The zero-order valence-electron chi connectivity index (χ0n) is 16.4. The van der Waals surface area contributed by atoms with Gasteiger partial charge in [0.25, 0.3) is 0 Å². The standard InChI is InChI=1S/C22H29N3O2/c1-22(2,3)27-21(26)25-20(9-6-13-23)16-24-14-12-17-10-11-18-7-4-5-8-19(18)15-17/h4-5,7-8,10-11,15,20,24H,6,9,12,14,16H2,1-3H3,(H,25,26). The van der Waals surface area contributed by atoms with Crippen LogP contribution in [-0.2, 0) is 11.2 Å². The minimum atomic E-state index is -0.534. The van der Waals surface area contributed by atoms with Gasteiger partial charge in [-0.2, -0.15) is 5.26 Å². The second kappa shape index (κ2) is 9.94. The van der Waals surface area contributed by atoms with Crippen molar-refractivity contribution in [3.63, 3.8) is 0 Å². The lowest BCUT2D eigenvalue weighted by atomic mass is 10.1. The Morgan fingerprint density at radius 1 is 1.19 bits per heavy atom. The lowest BCUT2D eigenvalue weighted by Gasteiger charge is -2.23. The highest BCUT2D eigenvalue weighted by Crippen LogP contribution is 2.15. The van der Waals surface area contributed by atoms with E-state index in [2.05, 4.69) is 47.0 Å². The number of amides is 1. The van der Waals surface area contributed by atoms with Gasteiger partial charge in [0, 0.05) is 19.0 Å². The fourth-order valence-electron chi connectivity index (χ4n) is 2.84. The predicted molar refractivity (Wildman–Crippen MR) is 109 cm³/mol. The number of nitrogens with zero attached hydrogens (tertiary/aromatic N) is 1. The minimum Gasteiger partial charge on any atom is -0.444 e. The zero-order chi connectivity index (χ0) is 19.7. The van der Waals surface area contributed by atoms with E-state index in [1.807, 2.05) is 32.9 Å². The fourth-order valence-corrected chi connectivity index (χ4v) is 2.84. The molecule has 2 aromatic rings. The van der Waals surface area contributed by atoms with Gasteiger partial charge < -0.3 is 15.4 Å². The summed E-state index contributed by atoms with van der Waals surface area (Å²) in [6.07, 6.45) is 1.45. The van der Waals surface area contributed by atoms with E-state index in [9.17, 15) is 4.79 Å². The summed E-state index contributed by atoms with van der Waals surface area (Å²) in [4.78, 5) is 12.0. The lowest BCUT2D eigenvalue weighted by Crippen LogP contribution is -2.44. The van der Waals surface area contributed by atoms with Gasteiger partial charge in [0.1, 0.15) is 5.60 Å². The number of ether oxygens (including phenoxy) is 1. The first-order valence-electron chi connectivity index (χ1n) is 9.42. The molecular weight excluding hydrogens is 338 g/mol. The number of hydrogen-bond donors (Lipinski definition) is 2. The SMILES string of the molecule is CC(C)(C)OC(=O)NC(CCC#N)CNCCc1ccc2ccccc2c1. The third kappa shape index (κ3) is 7.67. The summed E-state index contributed by atoms with van der Waals surface area (Å²) in [7, 11) is 0. The molecule has 2 N–H and O–H groups in total. The van der Waals surface area contributed by atoms with Gasteiger partial charge in [-0.25, -0.2) is 4.79 Å². The fraction of sp³-hybridized carbons (Fsp3) is 0.455. The smallest absolute Gasteiger partial charge is 0.407 e. The van der Waals surface area contributed by atoms with Crippen molar-refractivity contribution in [2.24, 2.45) is 0 Å².